The van der Waals surface area contributed by atoms with E-state index in [-0.39, 0.29) is 11.2 Å². The lowest BCUT2D eigenvalue weighted by molar-refractivity contribution is 0.379. The lowest BCUT2D eigenvalue weighted by Gasteiger charge is -2.23. The van der Waals surface area contributed by atoms with E-state index in [2.05, 4.69) is 17.4 Å². The number of anilines is 1. The summed E-state index contributed by atoms with van der Waals surface area (Å²) in [6, 6.07) is 10.4. The Balaban J connectivity index is 1.90. The highest BCUT2D eigenvalue weighted by molar-refractivity contribution is 5.74. The van der Waals surface area contributed by atoms with Crippen LogP contribution in [0.4, 0.5) is 5.95 Å². The van der Waals surface area contributed by atoms with Gasteiger partial charge in [0.05, 0.1) is 6.54 Å². The molecule has 8 heteroatoms. The largest absolute Gasteiger partial charge is 0.353 e. The molecule has 0 amide bonds. The summed E-state index contributed by atoms with van der Waals surface area (Å²) in [6.07, 6.45) is 5.87. The third-order valence-corrected chi connectivity index (χ3v) is 6.32. The van der Waals surface area contributed by atoms with Crippen LogP contribution in [0.15, 0.2) is 39.9 Å². The van der Waals surface area contributed by atoms with E-state index in [1.165, 1.54) is 23.8 Å². The van der Waals surface area contributed by atoms with Gasteiger partial charge in [-0.2, -0.15) is 4.98 Å². The molecule has 8 nitrogen and oxygen atoms in total. The van der Waals surface area contributed by atoms with Gasteiger partial charge in [-0.1, -0.05) is 49.6 Å². The first kappa shape index (κ1) is 22.3. The number of nitrogens with zero attached hydrogens (tertiary/aromatic N) is 5. The molecule has 0 bridgehead atoms. The van der Waals surface area contributed by atoms with Crippen molar-refractivity contribution in [2.75, 3.05) is 26.0 Å². The Bertz CT molecular complexity index is 1170. The van der Waals surface area contributed by atoms with Crippen molar-refractivity contribution in [1.29, 1.82) is 0 Å². The third kappa shape index (κ3) is 4.50. The van der Waals surface area contributed by atoms with Crippen molar-refractivity contribution >= 4 is 17.1 Å². The number of aromatic nitrogens is 4. The number of rotatable bonds is 8. The molecule has 0 aliphatic heterocycles. The van der Waals surface area contributed by atoms with E-state index in [0.29, 0.717) is 49.3 Å². The Hall–Kier alpha value is -2.87. The maximum Gasteiger partial charge on any atom is 0.332 e. The summed E-state index contributed by atoms with van der Waals surface area (Å²) in [5.74, 6) is 0.680. The fourth-order valence-corrected chi connectivity index (χ4v) is 4.53. The van der Waals surface area contributed by atoms with Gasteiger partial charge in [-0.25, -0.2) is 4.79 Å². The second-order valence-electron chi connectivity index (χ2n) is 8.95. The van der Waals surface area contributed by atoms with Crippen molar-refractivity contribution in [3.8, 4) is 0 Å². The summed E-state index contributed by atoms with van der Waals surface area (Å²) in [4.78, 5) is 33.5. The Morgan fingerprint density at radius 2 is 1.75 bits per heavy atom. The zero-order valence-corrected chi connectivity index (χ0v) is 19.4. The number of hydrogen-bond donors (Lipinski definition) is 1. The topological polar surface area (TPSA) is 77.1 Å². The van der Waals surface area contributed by atoms with Crippen LogP contribution >= 0.6 is 0 Å². The maximum absolute atomic E-state index is 13.4. The minimum absolute atomic E-state index is 0.270. The molecule has 0 spiro atoms. The number of hydrogen-bond acceptors (Lipinski definition) is 5. The molecule has 0 saturated heterocycles. The number of imidazole rings is 1. The summed E-state index contributed by atoms with van der Waals surface area (Å²) in [5.41, 5.74) is 1.49. The molecule has 1 aliphatic rings. The summed E-state index contributed by atoms with van der Waals surface area (Å²) < 4.78 is 4.96. The van der Waals surface area contributed by atoms with E-state index >= 15 is 0 Å². The zero-order valence-electron chi connectivity index (χ0n) is 19.4. The molecule has 1 saturated carbocycles. The van der Waals surface area contributed by atoms with Gasteiger partial charge in [0.1, 0.15) is 0 Å². The smallest absolute Gasteiger partial charge is 0.332 e. The van der Waals surface area contributed by atoms with E-state index in [1.54, 1.807) is 4.57 Å². The van der Waals surface area contributed by atoms with Gasteiger partial charge in [-0.3, -0.25) is 18.5 Å². The zero-order chi connectivity index (χ0) is 22.7. The van der Waals surface area contributed by atoms with E-state index in [4.69, 9.17) is 4.98 Å². The molecule has 0 atom stereocenters. The summed E-state index contributed by atoms with van der Waals surface area (Å²) in [6.45, 7) is 3.86. The quantitative estimate of drug-likeness (QED) is 0.585. The Morgan fingerprint density at radius 1 is 1.03 bits per heavy atom. The van der Waals surface area contributed by atoms with Gasteiger partial charge in [0, 0.05) is 25.7 Å². The highest BCUT2D eigenvalue weighted by atomic mass is 16.2. The highest BCUT2D eigenvalue weighted by Crippen LogP contribution is 2.24. The predicted molar refractivity (Wildman–Crippen MR) is 129 cm³/mol. The molecular weight excluding hydrogens is 404 g/mol. The minimum atomic E-state index is -0.291. The summed E-state index contributed by atoms with van der Waals surface area (Å²) in [7, 11) is 3.95. The summed E-state index contributed by atoms with van der Waals surface area (Å²) >= 11 is 0. The van der Waals surface area contributed by atoms with Crippen LogP contribution in [-0.4, -0.2) is 50.3 Å². The van der Waals surface area contributed by atoms with Crippen molar-refractivity contribution in [3.05, 3.63) is 56.7 Å². The van der Waals surface area contributed by atoms with E-state index in [9.17, 15) is 9.59 Å². The molecule has 1 fully saturated rings. The molecule has 172 valence electrons. The number of nitrogens with one attached hydrogen (secondary N) is 1. The molecule has 1 aromatic carbocycles. The van der Waals surface area contributed by atoms with Crippen LogP contribution in [-0.2, 0) is 19.6 Å². The number of fused-ring (bicyclic) bond motifs is 1. The molecule has 3 aromatic rings. The van der Waals surface area contributed by atoms with Gasteiger partial charge in [0.2, 0.25) is 5.95 Å². The first-order valence-corrected chi connectivity index (χ1v) is 11.7. The van der Waals surface area contributed by atoms with Crippen molar-refractivity contribution in [2.45, 2.75) is 64.7 Å². The van der Waals surface area contributed by atoms with Crippen LogP contribution < -0.4 is 16.6 Å². The average Bonchev–Trinajstić information content (AvgIpc) is 3.13. The van der Waals surface area contributed by atoms with Crippen LogP contribution in [0.25, 0.3) is 11.2 Å². The Kier molecular flexibility index (Phi) is 6.79. The second kappa shape index (κ2) is 9.73. The van der Waals surface area contributed by atoms with Gasteiger partial charge >= 0.3 is 5.69 Å². The van der Waals surface area contributed by atoms with Crippen LogP contribution in [0.1, 0.15) is 44.6 Å². The predicted octanol–water partition coefficient (Wildman–Crippen LogP) is 2.73. The molecule has 1 N–H and O–H groups in total. The van der Waals surface area contributed by atoms with Gasteiger partial charge in [-0.05, 0) is 39.4 Å². The second-order valence-corrected chi connectivity index (χ2v) is 8.95. The standard InChI is InChI=1S/C24H34N6O2/c1-4-28-22(31)20-21(29(24(28)32)16-15-27(2)3)26-23(25-19-13-9-6-10-14-19)30(20)17-18-11-7-5-8-12-18/h5,7-8,11-12,19H,4,6,9-10,13-17H2,1-3H3,(H,25,26). The maximum atomic E-state index is 13.4. The average molecular weight is 439 g/mol. The molecule has 0 radical (unpaired) electrons. The Labute approximate surface area is 188 Å². The van der Waals surface area contributed by atoms with Gasteiger partial charge in [0.15, 0.2) is 11.2 Å². The van der Waals surface area contributed by atoms with Crippen molar-refractivity contribution in [1.82, 2.24) is 23.6 Å². The monoisotopic (exact) mass is 438 g/mol. The lowest BCUT2D eigenvalue weighted by Crippen LogP contribution is -2.41. The molecule has 32 heavy (non-hydrogen) atoms. The fourth-order valence-electron chi connectivity index (χ4n) is 4.53. The van der Waals surface area contributed by atoms with Crippen LogP contribution in [0, 0.1) is 0 Å². The number of likely N-dealkylation sites (N-methyl/N-ethyl adjacent to an activating group) is 1. The van der Waals surface area contributed by atoms with E-state index in [0.717, 1.165) is 18.4 Å². The Morgan fingerprint density at radius 3 is 2.41 bits per heavy atom. The normalized spacial score (nSPS) is 15.0. The third-order valence-electron chi connectivity index (χ3n) is 6.32. The first-order chi connectivity index (χ1) is 15.5. The van der Waals surface area contributed by atoms with Crippen LogP contribution in [0.5, 0.6) is 0 Å². The summed E-state index contributed by atoms with van der Waals surface area (Å²) in [5, 5.41) is 3.61. The molecule has 1 aliphatic carbocycles. The van der Waals surface area contributed by atoms with Crippen LogP contribution in [0.2, 0.25) is 0 Å². The van der Waals surface area contributed by atoms with Gasteiger partial charge < -0.3 is 10.2 Å². The van der Waals surface area contributed by atoms with Gasteiger partial charge in [-0.15, -0.1) is 0 Å². The molecule has 2 heterocycles. The van der Waals surface area contributed by atoms with E-state index < -0.39 is 0 Å². The van der Waals surface area contributed by atoms with E-state index in [1.807, 2.05) is 48.7 Å². The van der Waals surface area contributed by atoms with Gasteiger partial charge in [0.25, 0.3) is 5.56 Å². The highest BCUT2D eigenvalue weighted by Gasteiger charge is 2.23. The van der Waals surface area contributed by atoms with Crippen molar-refractivity contribution in [2.24, 2.45) is 0 Å². The molecule has 4 rings (SSSR count). The van der Waals surface area contributed by atoms with Crippen molar-refractivity contribution < 1.29 is 0 Å². The van der Waals surface area contributed by atoms with Crippen LogP contribution in [0.3, 0.4) is 0 Å². The molecule has 0 unspecified atom stereocenters. The fraction of sp³-hybridized carbons (Fsp3) is 0.542. The number of benzene rings is 1. The SMILES string of the molecule is CCn1c(=O)c2c(nc(NC3CCCCC3)n2Cc2ccccc2)n(CCN(C)C)c1=O. The molecule has 2 aromatic heterocycles. The van der Waals surface area contributed by atoms with Crippen molar-refractivity contribution in [3.63, 3.8) is 0 Å². The first-order valence-electron chi connectivity index (χ1n) is 11.7. The lowest BCUT2D eigenvalue weighted by atomic mass is 9.96. The minimum Gasteiger partial charge on any atom is -0.353 e. The molecular formula is C24H34N6O2.